The van der Waals surface area contributed by atoms with Crippen LogP contribution >= 0.6 is 34.7 Å². The number of rotatable bonds is 10. The van der Waals surface area contributed by atoms with Gasteiger partial charge in [-0.05, 0) is 55.0 Å². The highest BCUT2D eigenvalue weighted by molar-refractivity contribution is 8.00. The van der Waals surface area contributed by atoms with Crippen LogP contribution in [0.4, 0.5) is 10.8 Å². The lowest BCUT2D eigenvalue weighted by Gasteiger charge is -2.12. The molecule has 3 N–H and O–H groups in total. The van der Waals surface area contributed by atoms with E-state index in [4.69, 9.17) is 11.6 Å². The summed E-state index contributed by atoms with van der Waals surface area (Å²) in [6.45, 7) is 1.98. The van der Waals surface area contributed by atoms with E-state index in [-0.39, 0.29) is 17.4 Å². The molecule has 0 unspecified atom stereocenters. The number of hydrogen-bond donors (Lipinski definition) is 3. The summed E-state index contributed by atoms with van der Waals surface area (Å²) in [6.07, 6.45) is 1.63. The number of thiazole rings is 1. The normalized spacial score (nSPS) is 11.1. The molecule has 0 radical (unpaired) electrons. The molecule has 0 saturated heterocycles. The minimum atomic E-state index is -0.479. The second-order valence-corrected chi connectivity index (χ2v) is 11.9. The lowest BCUT2D eigenvalue weighted by atomic mass is 10.1. The van der Waals surface area contributed by atoms with Crippen LogP contribution in [0, 0.1) is 6.92 Å². The topological polar surface area (TPSA) is 100 Å². The Morgan fingerprint density at radius 1 is 0.886 bits per heavy atom. The Bertz CT molecular complexity index is 1820. The third kappa shape index (κ3) is 8.44. The summed E-state index contributed by atoms with van der Waals surface area (Å²) in [6, 6.07) is 30.9. The van der Waals surface area contributed by atoms with Gasteiger partial charge < -0.3 is 16.0 Å². The fourth-order valence-electron chi connectivity index (χ4n) is 4.06. The van der Waals surface area contributed by atoms with Crippen LogP contribution in [0.15, 0.2) is 119 Å². The molecule has 220 valence electrons. The number of aryl methyl sites for hydroxylation is 1. The van der Waals surface area contributed by atoms with Crippen LogP contribution in [0.5, 0.6) is 0 Å². The van der Waals surface area contributed by atoms with Crippen LogP contribution in [0.25, 0.3) is 17.3 Å². The monoisotopic (exact) mass is 638 g/mol. The number of carbonyl (C=O) groups excluding carboxylic acids is 3. The summed E-state index contributed by atoms with van der Waals surface area (Å²) < 4.78 is 0. The molecule has 0 saturated carbocycles. The van der Waals surface area contributed by atoms with Crippen molar-refractivity contribution < 1.29 is 14.4 Å². The van der Waals surface area contributed by atoms with Crippen molar-refractivity contribution in [2.45, 2.75) is 11.8 Å². The Kier molecular flexibility index (Phi) is 10.2. The molecule has 10 heteroatoms. The second kappa shape index (κ2) is 14.7. The third-order valence-electron chi connectivity index (χ3n) is 6.28. The number of amides is 3. The van der Waals surface area contributed by atoms with E-state index in [9.17, 15) is 14.4 Å². The van der Waals surface area contributed by atoms with Gasteiger partial charge in [0, 0.05) is 32.1 Å². The first-order valence-corrected chi connectivity index (χ1v) is 15.8. The molecule has 44 heavy (non-hydrogen) atoms. The summed E-state index contributed by atoms with van der Waals surface area (Å²) in [7, 11) is 0. The SMILES string of the molecule is Cc1ccc(/C=C(\NC(=O)c2ccccc2)C(=O)Nc2cccc(SCC(=O)Nc3nc(-c4ccccc4Cl)cs3)c2)cc1. The largest absolute Gasteiger partial charge is 0.321 e. The van der Waals surface area contributed by atoms with Crippen LogP contribution in [0.1, 0.15) is 21.5 Å². The molecule has 5 rings (SSSR count). The number of aromatic nitrogens is 1. The summed E-state index contributed by atoms with van der Waals surface area (Å²) >= 11 is 8.92. The summed E-state index contributed by atoms with van der Waals surface area (Å²) in [5, 5.41) is 11.4. The standard InChI is InChI=1S/C34H27ClN4O3S2/c1-22-14-16-23(17-15-22)18-29(37-32(41)24-8-3-2-4-9-24)33(42)36-25-10-7-11-26(19-25)43-21-31(40)39-34-38-30(20-44-34)27-12-5-6-13-28(27)35/h2-20H,21H2,1H3,(H,36,42)(H,37,41)(H,38,39,40)/b29-18-. The zero-order valence-corrected chi connectivity index (χ0v) is 25.9. The zero-order chi connectivity index (χ0) is 30.9. The van der Waals surface area contributed by atoms with Crippen molar-refractivity contribution >= 4 is 69.3 Å². The van der Waals surface area contributed by atoms with E-state index in [1.807, 2.05) is 66.9 Å². The number of halogens is 1. The second-order valence-electron chi connectivity index (χ2n) is 9.63. The molecule has 0 aliphatic rings. The first-order chi connectivity index (χ1) is 21.3. The van der Waals surface area contributed by atoms with Gasteiger partial charge in [-0.3, -0.25) is 14.4 Å². The van der Waals surface area contributed by atoms with Gasteiger partial charge in [-0.2, -0.15) is 0 Å². The fraction of sp³-hybridized carbons (Fsp3) is 0.0588. The number of nitrogens with one attached hydrogen (secondary N) is 3. The first kappa shape index (κ1) is 30.7. The van der Waals surface area contributed by atoms with Crippen molar-refractivity contribution in [2.24, 2.45) is 0 Å². The van der Waals surface area contributed by atoms with Gasteiger partial charge in [0.1, 0.15) is 5.70 Å². The number of anilines is 2. The lowest BCUT2D eigenvalue weighted by Crippen LogP contribution is -2.30. The molecule has 7 nitrogen and oxygen atoms in total. The molecule has 0 spiro atoms. The van der Waals surface area contributed by atoms with Crippen molar-refractivity contribution in [3.05, 3.63) is 136 Å². The van der Waals surface area contributed by atoms with E-state index in [2.05, 4.69) is 20.9 Å². The van der Waals surface area contributed by atoms with Gasteiger partial charge >= 0.3 is 0 Å². The molecule has 1 heterocycles. The molecule has 0 aliphatic carbocycles. The van der Waals surface area contributed by atoms with Crippen molar-refractivity contribution in [3.8, 4) is 11.3 Å². The van der Waals surface area contributed by atoms with Crippen molar-refractivity contribution in [3.63, 3.8) is 0 Å². The molecule has 0 atom stereocenters. The van der Waals surface area contributed by atoms with Crippen LogP contribution < -0.4 is 16.0 Å². The Balaban J connectivity index is 1.22. The van der Waals surface area contributed by atoms with Gasteiger partial charge in [0.25, 0.3) is 11.8 Å². The minimum Gasteiger partial charge on any atom is -0.321 e. The average Bonchev–Trinajstić information content (AvgIpc) is 3.49. The highest BCUT2D eigenvalue weighted by Crippen LogP contribution is 2.30. The highest BCUT2D eigenvalue weighted by Gasteiger charge is 2.16. The molecule has 0 bridgehead atoms. The molecule has 0 aliphatic heterocycles. The van der Waals surface area contributed by atoms with E-state index >= 15 is 0 Å². The van der Waals surface area contributed by atoms with Gasteiger partial charge in [0.15, 0.2) is 5.13 Å². The van der Waals surface area contributed by atoms with Crippen LogP contribution in [-0.4, -0.2) is 28.5 Å². The van der Waals surface area contributed by atoms with Gasteiger partial charge in [0.2, 0.25) is 5.91 Å². The van der Waals surface area contributed by atoms with Gasteiger partial charge in [0.05, 0.1) is 11.4 Å². The van der Waals surface area contributed by atoms with Crippen LogP contribution in [0.2, 0.25) is 5.02 Å². The molecule has 0 fully saturated rings. The molecule has 1 aromatic heterocycles. The van der Waals surface area contributed by atoms with E-state index in [1.54, 1.807) is 54.6 Å². The van der Waals surface area contributed by atoms with Crippen LogP contribution in [0.3, 0.4) is 0 Å². The number of thioether (sulfide) groups is 1. The minimum absolute atomic E-state index is 0.0970. The number of benzene rings is 4. The van der Waals surface area contributed by atoms with Gasteiger partial charge in [-0.15, -0.1) is 23.1 Å². The maximum Gasteiger partial charge on any atom is 0.272 e. The van der Waals surface area contributed by atoms with Crippen molar-refractivity contribution in [2.75, 3.05) is 16.4 Å². The Labute approximate surface area is 268 Å². The Hall–Kier alpha value is -4.70. The van der Waals surface area contributed by atoms with E-state index in [1.165, 1.54) is 23.1 Å². The highest BCUT2D eigenvalue weighted by atomic mass is 35.5. The maximum atomic E-state index is 13.4. The van der Waals surface area contributed by atoms with Crippen LogP contribution in [-0.2, 0) is 9.59 Å². The Morgan fingerprint density at radius 2 is 1.64 bits per heavy atom. The number of hydrogen-bond acceptors (Lipinski definition) is 6. The molecule has 3 amide bonds. The first-order valence-electron chi connectivity index (χ1n) is 13.5. The van der Waals surface area contributed by atoms with Gasteiger partial charge in [-0.25, -0.2) is 4.98 Å². The lowest BCUT2D eigenvalue weighted by molar-refractivity contribution is -0.114. The van der Waals surface area contributed by atoms with E-state index < -0.39 is 11.8 Å². The van der Waals surface area contributed by atoms with Crippen molar-refractivity contribution in [1.29, 1.82) is 0 Å². The Morgan fingerprint density at radius 3 is 2.41 bits per heavy atom. The molecular weight excluding hydrogens is 612 g/mol. The summed E-state index contributed by atoms with van der Waals surface area (Å²) in [5.74, 6) is -0.942. The molecular formula is C34H27ClN4O3S2. The predicted octanol–water partition coefficient (Wildman–Crippen LogP) is 7.91. The van der Waals surface area contributed by atoms with Crippen molar-refractivity contribution in [1.82, 2.24) is 10.3 Å². The quantitative estimate of drug-likeness (QED) is 0.107. The number of nitrogens with zero attached hydrogens (tertiary/aromatic N) is 1. The summed E-state index contributed by atoms with van der Waals surface area (Å²) in [5.41, 5.74) is 4.40. The third-order valence-corrected chi connectivity index (χ3v) is 8.36. The molecule has 4 aromatic carbocycles. The average molecular weight is 639 g/mol. The predicted molar refractivity (Wildman–Crippen MR) is 180 cm³/mol. The zero-order valence-electron chi connectivity index (χ0n) is 23.5. The fourth-order valence-corrected chi connectivity index (χ4v) is 5.78. The van der Waals surface area contributed by atoms with E-state index in [0.29, 0.717) is 27.1 Å². The number of carbonyl (C=O) groups is 3. The maximum absolute atomic E-state index is 13.4. The van der Waals surface area contributed by atoms with Gasteiger partial charge in [-0.1, -0.05) is 83.9 Å². The smallest absolute Gasteiger partial charge is 0.272 e. The summed E-state index contributed by atoms with van der Waals surface area (Å²) in [4.78, 5) is 44.2. The van der Waals surface area contributed by atoms with E-state index in [0.717, 1.165) is 21.6 Å². The molecule has 5 aromatic rings.